The Morgan fingerprint density at radius 1 is 1.00 bits per heavy atom. The molecule has 1 aliphatic heterocycles. The molecule has 1 unspecified atom stereocenters. The minimum absolute atomic E-state index is 0.0656. The fourth-order valence-electron chi connectivity index (χ4n) is 3.28. The van der Waals surface area contributed by atoms with Gasteiger partial charge in [-0.1, -0.05) is 0 Å². The number of nitrogens with two attached hydrogens (primary N) is 1. The molecule has 2 heterocycles. The van der Waals surface area contributed by atoms with Crippen LogP contribution in [0.4, 0.5) is 18.9 Å². The van der Waals surface area contributed by atoms with E-state index in [1.54, 1.807) is 6.21 Å². The number of primary sulfonamides is 1. The Bertz CT molecular complexity index is 1350. The van der Waals surface area contributed by atoms with Crippen LogP contribution in [0.3, 0.4) is 0 Å². The average molecular weight is 479 g/mol. The minimum Gasteiger partial charge on any atom is -0.406 e. The number of benzene rings is 2. The largest absolute Gasteiger partial charge is 0.573 e. The summed E-state index contributed by atoms with van der Waals surface area (Å²) < 4.78 is 65.3. The maximum Gasteiger partial charge on any atom is 0.573 e. The molecule has 1 atom stereocenters. The van der Waals surface area contributed by atoms with Gasteiger partial charge in [0, 0.05) is 24.9 Å². The van der Waals surface area contributed by atoms with E-state index in [1.807, 2.05) is 0 Å². The zero-order valence-electron chi connectivity index (χ0n) is 16.7. The van der Waals surface area contributed by atoms with Gasteiger partial charge in [0.05, 0.1) is 16.3 Å². The second-order valence-corrected chi connectivity index (χ2v) is 8.55. The lowest BCUT2D eigenvalue weighted by Gasteiger charge is -2.23. The number of anilines is 1. The quantitative estimate of drug-likeness (QED) is 0.601. The molecule has 0 saturated heterocycles. The van der Waals surface area contributed by atoms with Crippen molar-refractivity contribution in [1.82, 2.24) is 9.78 Å². The third-order valence-electron chi connectivity index (χ3n) is 4.75. The smallest absolute Gasteiger partial charge is 0.406 e. The van der Waals surface area contributed by atoms with E-state index in [2.05, 4.69) is 14.9 Å². The van der Waals surface area contributed by atoms with Crippen molar-refractivity contribution in [2.24, 2.45) is 10.2 Å². The zero-order valence-corrected chi connectivity index (χ0v) is 17.5. The standard InChI is InChI=1S/C20H16F3N5O4S/c21-20(22,23)32-15-5-1-13(2-6-15)27-12-10-18(29)19(26-27)17-9-11-25-28(17)14-3-7-16(8-4-14)33(24,30)31/h1-8,10-12,17H,9H2,(H2,24,30,31). The third-order valence-corrected chi connectivity index (χ3v) is 5.67. The van der Waals surface area contributed by atoms with Crippen molar-refractivity contribution in [3.8, 4) is 11.4 Å². The number of halogens is 3. The Balaban J connectivity index is 1.63. The molecule has 0 spiro atoms. The number of hydrazone groups is 1. The SMILES string of the molecule is NS(=O)(=O)c1ccc(N2N=CCC2c2nn(-c3ccc(OC(F)(F)F)cc3)ccc2=O)cc1. The lowest BCUT2D eigenvalue weighted by atomic mass is 10.1. The summed E-state index contributed by atoms with van der Waals surface area (Å²) in [6.07, 6.45) is -1.45. The molecule has 172 valence electrons. The van der Waals surface area contributed by atoms with Crippen LogP contribution >= 0.6 is 0 Å². The first-order valence-corrected chi connectivity index (χ1v) is 11.0. The molecular weight excluding hydrogens is 463 g/mol. The van der Waals surface area contributed by atoms with Gasteiger partial charge >= 0.3 is 6.36 Å². The summed E-state index contributed by atoms with van der Waals surface area (Å²) in [5, 5.41) is 15.3. The second kappa shape index (κ2) is 8.33. The Hall–Kier alpha value is -3.71. The zero-order chi connectivity index (χ0) is 23.8. The number of aromatic nitrogens is 2. The van der Waals surface area contributed by atoms with Crippen molar-refractivity contribution in [3.05, 3.63) is 76.7 Å². The lowest BCUT2D eigenvalue weighted by Crippen LogP contribution is -2.27. The van der Waals surface area contributed by atoms with Gasteiger partial charge in [-0.25, -0.2) is 18.2 Å². The maximum atomic E-state index is 12.6. The third kappa shape index (κ3) is 5.04. The number of nitrogens with zero attached hydrogens (tertiary/aromatic N) is 4. The van der Waals surface area contributed by atoms with Crippen molar-refractivity contribution in [1.29, 1.82) is 0 Å². The molecule has 9 nitrogen and oxygen atoms in total. The number of alkyl halides is 3. The van der Waals surface area contributed by atoms with Gasteiger partial charge in [0.15, 0.2) is 0 Å². The van der Waals surface area contributed by atoms with Gasteiger partial charge in [0.25, 0.3) is 0 Å². The highest BCUT2D eigenvalue weighted by Gasteiger charge is 2.31. The number of sulfonamides is 1. The fraction of sp³-hybridized carbons (Fsp3) is 0.150. The van der Waals surface area contributed by atoms with Crippen LogP contribution < -0.4 is 20.3 Å². The van der Waals surface area contributed by atoms with Crippen molar-refractivity contribution in [3.63, 3.8) is 0 Å². The molecule has 0 bridgehead atoms. The van der Waals surface area contributed by atoms with E-state index in [0.717, 1.165) is 12.1 Å². The molecule has 0 radical (unpaired) electrons. The molecule has 13 heteroatoms. The van der Waals surface area contributed by atoms with Gasteiger partial charge in [-0.05, 0) is 48.5 Å². The number of hydrogen-bond acceptors (Lipinski definition) is 7. The highest BCUT2D eigenvalue weighted by molar-refractivity contribution is 7.89. The molecule has 1 aliphatic rings. The lowest BCUT2D eigenvalue weighted by molar-refractivity contribution is -0.274. The van der Waals surface area contributed by atoms with Crippen LogP contribution in [0.15, 0.2) is 75.6 Å². The molecule has 0 aliphatic carbocycles. The summed E-state index contributed by atoms with van der Waals surface area (Å²) in [7, 11) is -3.86. The Morgan fingerprint density at radius 3 is 2.24 bits per heavy atom. The highest BCUT2D eigenvalue weighted by Crippen LogP contribution is 2.31. The van der Waals surface area contributed by atoms with E-state index >= 15 is 0 Å². The highest BCUT2D eigenvalue weighted by atomic mass is 32.2. The van der Waals surface area contributed by atoms with Crippen LogP contribution in [0, 0.1) is 0 Å². The molecule has 1 aromatic heterocycles. The fourth-order valence-corrected chi connectivity index (χ4v) is 3.79. The molecule has 2 N–H and O–H groups in total. The van der Waals surface area contributed by atoms with Crippen molar-refractivity contribution in [2.45, 2.75) is 23.7 Å². The topological polar surface area (TPSA) is 120 Å². The first-order valence-electron chi connectivity index (χ1n) is 9.42. The monoisotopic (exact) mass is 479 g/mol. The number of rotatable bonds is 5. The summed E-state index contributed by atoms with van der Waals surface area (Å²) in [6.45, 7) is 0. The van der Waals surface area contributed by atoms with Crippen LogP contribution in [-0.4, -0.2) is 30.8 Å². The Morgan fingerprint density at radius 2 is 1.64 bits per heavy atom. The van der Waals surface area contributed by atoms with Crippen LogP contribution in [0.5, 0.6) is 5.75 Å². The van der Waals surface area contributed by atoms with Crippen LogP contribution in [0.2, 0.25) is 0 Å². The normalized spacial score (nSPS) is 16.2. The average Bonchev–Trinajstić information content (AvgIpc) is 3.23. The number of hydrogen-bond donors (Lipinski definition) is 1. The first kappa shape index (κ1) is 22.5. The predicted octanol–water partition coefficient (Wildman–Crippen LogP) is 2.72. The van der Waals surface area contributed by atoms with Gasteiger partial charge < -0.3 is 4.74 Å². The van der Waals surface area contributed by atoms with Crippen molar-refractivity contribution in [2.75, 3.05) is 5.01 Å². The van der Waals surface area contributed by atoms with Crippen LogP contribution in [0.25, 0.3) is 5.69 Å². The summed E-state index contributed by atoms with van der Waals surface area (Å²) in [6, 6.07) is 11.4. The van der Waals surface area contributed by atoms with Crippen LogP contribution in [0.1, 0.15) is 18.2 Å². The predicted molar refractivity (Wildman–Crippen MR) is 113 cm³/mol. The van der Waals surface area contributed by atoms with Gasteiger partial charge in [0.2, 0.25) is 15.5 Å². The van der Waals surface area contributed by atoms with E-state index in [1.165, 1.54) is 58.4 Å². The number of ether oxygens (including phenoxy) is 1. The molecule has 0 saturated carbocycles. The van der Waals surface area contributed by atoms with E-state index in [-0.39, 0.29) is 21.8 Å². The van der Waals surface area contributed by atoms with E-state index in [0.29, 0.717) is 17.8 Å². The summed E-state index contributed by atoms with van der Waals surface area (Å²) in [4.78, 5) is 12.5. The molecular formula is C20H16F3N5O4S. The van der Waals surface area contributed by atoms with Gasteiger partial charge in [-0.2, -0.15) is 10.2 Å². The molecule has 3 aromatic rings. The molecule has 33 heavy (non-hydrogen) atoms. The van der Waals surface area contributed by atoms with Gasteiger partial charge in [0.1, 0.15) is 17.5 Å². The molecule has 4 rings (SSSR count). The maximum absolute atomic E-state index is 12.6. The Kier molecular flexibility index (Phi) is 5.68. The Labute approximate surface area is 185 Å². The second-order valence-electron chi connectivity index (χ2n) is 6.98. The van der Waals surface area contributed by atoms with Crippen molar-refractivity contribution < 1.29 is 26.3 Å². The summed E-state index contributed by atoms with van der Waals surface area (Å²) in [5.74, 6) is -0.383. The van der Waals surface area contributed by atoms with Gasteiger partial charge in [-0.15, -0.1) is 13.2 Å². The molecule has 2 aromatic carbocycles. The van der Waals surface area contributed by atoms with Crippen molar-refractivity contribution >= 4 is 21.9 Å². The minimum atomic E-state index is -4.80. The first-order chi connectivity index (χ1) is 15.5. The van der Waals surface area contributed by atoms with Crippen LogP contribution in [-0.2, 0) is 10.0 Å². The van der Waals surface area contributed by atoms with Gasteiger partial charge in [-0.3, -0.25) is 9.80 Å². The van der Waals surface area contributed by atoms with E-state index in [9.17, 15) is 26.4 Å². The molecule has 0 fully saturated rings. The summed E-state index contributed by atoms with van der Waals surface area (Å²) in [5.41, 5.74) is 0.728. The van der Waals surface area contributed by atoms with E-state index < -0.39 is 22.4 Å². The van der Waals surface area contributed by atoms with E-state index in [4.69, 9.17) is 5.14 Å². The summed E-state index contributed by atoms with van der Waals surface area (Å²) >= 11 is 0. The molecule has 0 amide bonds.